The highest BCUT2D eigenvalue weighted by atomic mass is 15.3. The zero-order valence-electron chi connectivity index (χ0n) is 11.2. The van der Waals surface area contributed by atoms with Crippen LogP contribution >= 0.6 is 0 Å². The molecule has 0 bridgehead atoms. The predicted octanol–water partition coefficient (Wildman–Crippen LogP) is 1.44. The van der Waals surface area contributed by atoms with Crippen molar-refractivity contribution in [2.75, 3.05) is 31.1 Å². The molecular formula is C14H19N5. The summed E-state index contributed by atoms with van der Waals surface area (Å²) in [5.41, 5.74) is 2.33. The van der Waals surface area contributed by atoms with Gasteiger partial charge in [0, 0.05) is 44.6 Å². The molecule has 1 aliphatic heterocycles. The topological polar surface area (TPSA) is 48.1 Å². The van der Waals surface area contributed by atoms with Crippen molar-refractivity contribution in [3.8, 4) is 0 Å². The Bertz CT molecular complexity index is 514. The van der Waals surface area contributed by atoms with E-state index >= 15 is 0 Å². The number of piperazine rings is 1. The quantitative estimate of drug-likeness (QED) is 0.904. The van der Waals surface area contributed by atoms with Gasteiger partial charge in [-0.1, -0.05) is 6.07 Å². The van der Waals surface area contributed by atoms with Crippen LogP contribution in [0.5, 0.6) is 0 Å². The summed E-state index contributed by atoms with van der Waals surface area (Å²) in [6.45, 7) is 7.19. The summed E-state index contributed by atoms with van der Waals surface area (Å²) in [6.07, 6.45) is 3.63. The number of anilines is 1. The second-order valence-corrected chi connectivity index (χ2v) is 4.93. The first-order chi connectivity index (χ1) is 9.33. The molecule has 0 aliphatic carbocycles. The van der Waals surface area contributed by atoms with Crippen LogP contribution < -0.4 is 4.90 Å². The first-order valence-electron chi connectivity index (χ1n) is 6.70. The Labute approximate surface area is 113 Å². The zero-order chi connectivity index (χ0) is 13.1. The Morgan fingerprint density at radius 2 is 2.00 bits per heavy atom. The second kappa shape index (κ2) is 5.40. The van der Waals surface area contributed by atoms with E-state index in [1.165, 1.54) is 5.69 Å². The van der Waals surface area contributed by atoms with Crippen molar-refractivity contribution in [2.45, 2.75) is 13.5 Å². The van der Waals surface area contributed by atoms with E-state index in [9.17, 15) is 0 Å². The second-order valence-electron chi connectivity index (χ2n) is 4.93. The maximum atomic E-state index is 4.41. The summed E-state index contributed by atoms with van der Waals surface area (Å²) >= 11 is 0. The van der Waals surface area contributed by atoms with Crippen LogP contribution in [0.25, 0.3) is 0 Å². The van der Waals surface area contributed by atoms with Crippen molar-refractivity contribution in [1.29, 1.82) is 0 Å². The molecule has 0 amide bonds. The van der Waals surface area contributed by atoms with Gasteiger partial charge >= 0.3 is 0 Å². The third-order valence-corrected chi connectivity index (χ3v) is 3.65. The van der Waals surface area contributed by atoms with Gasteiger partial charge in [-0.05, 0) is 19.1 Å². The smallest absolute Gasteiger partial charge is 0.128 e. The highest BCUT2D eigenvalue weighted by molar-refractivity contribution is 5.38. The van der Waals surface area contributed by atoms with Gasteiger partial charge in [0.1, 0.15) is 5.82 Å². The molecule has 0 aromatic carbocycles. The number of imidazole rings is 1. The molecular weight excluding hydrogens is 238 g/mol. The molecule has 3 heterocycles. The maximum Gasteiger partial charge on any atom is 0.128 e. The van der Waals surface area contributed by atoms with E-state index in [1.54, 1.807) is 6.33 Å². The largest absolute Gasteiger partial charge is 0.354 e. The number of aryl methyl sites for hydroxylation is 1. The number of nitrogens with one attached hydrogen (secondary N) is 1. The molecule has 1 saturated heterocycles. The lowest BCUT2D eigenvalue weighted by Gasteiger charge is -2.35. The van der Waals surface area contributed by atoms with Crippen LogP contribution in [0, 0.1) is 6.92 Å². The molecule has 0 saturated carbocycles. The van der Waals surface area contributed by atoms with Crippen molar-refractivity contribution in [2.24, 2.45) is 0 Å². The van der Waals surface area contributed by atoms with Gasteiger partial charge < -0.3 is 9.88 Å². The molecule has 1 fully saturated rings. The highest BCUT2D eigenvalue weighted by Gasteiger charge is 2.18. The number of hydrogen-bond donors (Lipinski definition) is 1. The Hall–Kier alpha value is -1.88. The van der Waals surface area contributed by atoms with E-state index in [2.05, 4.69) is 37.7 Å². The van der Waals surface area contributed by atoms with E-state index in [4.69, 9.17) is 0 Å². The zero-order valence-corrected chi connectivity index (χ0v) is 11.2. The monoisotopic (exact) mass is 257 g/mol. The lowest BCUT2D eigenvalue weighted by Crippen LogP contribution is -2.46. The standard InChI is InChI=1S/C14H19N5/c1-12-13(17-11-16-12)10-18-6-8-19(9-7-18)14-4-2-3-5-15-14/h2-5,11H,6-10H2,1H3,(H,16,17). The van der Waals surface area contributed by atoms with Crippen LogP contribution in [-0.2, 0) is 6.54 Å². The average molecular weight is 257 g/mol. The minimum absolute atomic E-state index is 0.936. The fourth-order valence-corrected chi connectivity index (χ4v) is 2.43. The summed E-state index contributed by atoms with van der Waals surface area (Å²) in [7, 11) is 0. The van der Waals surface area contributed by atoms with Gasteiger partial charge in [0.15, 0.2) is 0 Å². The number of pyridine rings is 1. The molecule has 5 nitrogen and oxygen atoms in total. The van der Waals surface area contributed by atoms with Crippen molar-refractivity contribution < 1.29 is 0 Å². The molecule has 0 radical (unpaired) electrons. The minimum atomic E-state index is 0.936. The molecule has 0 atom stereocenters. The molecule has 2 aromatic heterocycles. The van der Waals surface area contributed by atoms with Crippen molar-refractivity contribution in [3.05, 3.63) is 42.1 Å². The van der Waals surface area contributed by atoms with Gasteiger partial charge in [0.05, 0.1) is 12.0 Å². The van der Waals surface area contributed by atoms with E-state index in [1.807, 2.05) is 18.3 Å². The first kappa shape index (κ1) is 12.2. The molecule has 2 aromatic rings. The minimum Gasteiger partial charge on any atom is -0.354 e. The summed E-state index contributed by atoms with van der Waals surface area (Å²) in [4.78, 5) is 16.7. The van der Waals surface area contributed by atoms with Gasteiger partial charge in [0.2, 0.25) is 0 Å². The number of aromatic nitrogens is 3. The van der Waals surface area contributed by atoms with Crippen LogP contribution in [0.15, 0.2) is 30.7 Å². The van der Waals surface area contributed by atoms with Crippen LogP contribution in [0.1, 0.15) is 11.4 Å². The van der Waals surface area contributed by atoms with Gasteiger partial charge in [-0.3, -0.25) is 4.90 Å². The molecule has 1 aliphatic rings. The number of hydrogen-bond acceptors (Lipinski definition) is 4. The third-order valence-electron chi connectivity index (χ3n) is 3.65. The van der Waals surface area contributed by atoms with Crippen molar-refractivity contribution in [3.63, 3.8) is 0 Å². The molecule has 100 valence electrons. The Morgan fingerprint density at radius 3 is 2.63 bits per heavy atom. The fourth-order valence-electron chi connectivity index (χ4n) is 2.43. The Morgan fingerprint density at radius 1 is 1.16 bits per heavy atom. The van der Waals surface area contributed by atoms with Crippen LogP contribution in [0.2, 0.25) is 0 Å². The molecule has 0 spiro atoms. The van der Waals surface area contributed by atoms with E-state index in [0.717, 1.165) is 44.2 Å². The Balaban J connectivity index is 1.57. The number of H-pyrrole nitrogens is 1. The number of aromatic amines is 1. The first-order valence-corrected chi connectivity index (χ1v) is 6.70. The lowest BCUT2D eigenvalue weighted by molar-refractivity contribution is 0.246. The van der Waals surface area contributed by atoms with E-state index in [-0.39, 0.29) is 0 Å². The van der Waals surface area contributed by atoms with Gasteiger partial charge in [-0.15, -0.1) is 0 Å². The summed E-state index contributed by atoms with van der Waals surface area (Å²) in [5, 5.41) is 0. The molecule has 19 heavy (non-hydrogen) atoms. The molecule has 5 heteroatoms. The van der Waals surface area contributed by atoms with E-state index in [0.29, 0.717) is 0 Å². The summed E-state index contributed by atoms with van der Waals surface area (Å²) in [6, 6.07) is 6.08. The number of rotatable bonds is 3. The SMILES string of the molecule is Cc1[nH]cnc1CN1CCN(c2ccccn2)CC1. The van der Waals surface area contributed by atoms with Gasteiger partial charge in [-0.2, -0.15) is 0 Å². The van der Waals surface area contributed by atoms with E-state index < -0.39 is 0 Å². The number of nitrogens with zero attached hydrogens (tertiary/aromatic N) is 4. The van der Waals surface area contributed by atoms with Crippen molar-refractivity contribution in [1.82, 2.24) is 19.9 Å². The summed E-state index contributed by atoms with van der Waals surface area (Å²) in [5.74, 6) is 1.08. The Kier molecular flexibility index (Phi) is 3.46. The predicted molar refractivity (Wildman–Crippen MR) is 75.1 cm³/mol. The van der Waals surface area contributed by atoms with Gasteiger partial charge in [-0.25, -0.2) is 9.97 Å². The normalized spacial score (nSPS) is 16.8. The average Bonchev–Trinajstić information content (AvgIpc) is 2.86. The third kappa shape index (κ3) is 2.76. The van der Waals surface area contributed by atoms with Gasteiger partial charge in [0.25, 0.3) is 0 Å². The summed E-state index contributed by atoms with van der Waals surface area (Å²) < 4.78 is 0. The molecule has 0 unspecified atom stereocenters. The lowest BCUT2D eigenvalue weighted by atomic mass is 10.2. The van der Waals surface area contributed by atoms with Crippen molar-refractivity contribution >= 4 is 5.82 Å². The fraction of sp³-hybridized carbons (Fsp3) is 0.429. The molecule has 1 N–H and O–H groups in total. The molecule has 3 rings (SSSR count). The maximum absolute atomic E-state index is 4.41. The van der Waals surface area contributed by atoms with Crippen LogP contribution in [0.4, 0.5) is 5.82 Å². The highest BCUT2D eigenvalue weighted by Crippen LogP contribution is 2.14. The van der Waals surface area contributed by atoms with Crippen LogP contribution in [0.3, 0.4) is 0 Å². The van der Waals surface area contributed by atoms with Crippen LogP contribution in [-0.4, -0.2) is 46.0 Å².